The zero-order valence-electron chi connectivity index (χ0n) is 29.5. The molecule has 3 aliphatic rings. The third-order valence-electron chi connectivity index (χ3n) is 11.5. The van der Waals surface area contributed by atoms with E-state index in [9.17, 15) is 0 Å². The molecule has 0 radical (unpaired) electrons. The van der Waals surface area contributed by atoms with Gasteiger partial charge >= 0.3 is 0 Å². The van der Waals surface area contributed by atoms with Gasteiger partial charge in [0.1, 0.15) is 11.5 Å². The summed E-state index contributed by atoms with van der Waals surface area (Å²) in [7, 11) is 0. The summed E-state index contributed by atoms with van der Waals surface area (Å²) in [5.41, 5.74) is 13.4. The SMILES string of the molecule is C1=CC(c2ccccc2-c2cc(-c3cccc4ccccc34)nc(-c3ccccc3)n2)CC2=C1C1(c3ccccc3O2)c2ccccc2-c2ccccc21. The summed E-state index contributed by atoms with van der Waals surface area (Å²) in [5, 5.41) is 2.36. The Morgan fingerprint density at radius 2 is 1.11 bits per heavy atom. The van der Waals surface area contributed by atoms with Gasteiger partial charge in [-0.1, -0.05) is 176 Å². The van der Waals surface area contributed by atoms with Crippen LogP contribution in [0, 0.1) is 0 Å². The van der Waals surface area contributed by atoms with Crippen molar-refractivity contribution in [2.45, 2.75) is 17.8 Å². The number of hydrogen-bond acceptors (Lipinski definition) is 3. The van der Waals surface area contributed by atoms with Crippen LogP contribution in [-0.4, -0.2) is 9.97 Å². The average Bonchev–Trinajstić information content (AvgIpc) is 3.54. The van der Waals surface area contributed by atoms with Crippen LogP contribution in [0.2, 0.25) is 0 Å². The minimum absolute atomic E-state index is 0.0744. The zero-order valence-corrected chi connectivity index (χ0v) is 29.5. The monoisotopic (exact) mass is 690 g/mol. The van der Waals surface area contributed by atoms with Gasteiger partial charge in [-0.25, -0.2) is 9.97 Å². The lowest BCUT2D eigenvalue weighted by Gasteiger charge is -2.42. The van der Waals surface area contributed by atoms with Crippen molar-refractivity contribution in [3.05, 3.63) is 222 Å². The van der Waals surface area contributed by atoms with Crippen LogP contribution in [0.25, 0.3) is 55.8 Å². The molecule has 1 atom stereocenters. The molecule has 11 rings (SSSR count). The van der Waals surface area contributed by atoms with E-state index in [0.717, 1.165) is 46.0 Å². The predicted molar refractivity (Wildman–Crippen MR) is 218 cm³/mol. The standard InChI is InChI=1S/C51H34N2O/c1-2-16-34(17-3-1)50-52-46(32-47(53-50)41-24-14-18-33-15-4-5-19-36(33)41)40-23-7-6-20-37(40)35-29-30-45-49(31-35)54-48-28-13-12-27-44(48)51(45)42-25-10-8-21-38(42)39-22-9-11-26-43(39)51/h1-30,32,35H,31H2. The summed E-state index contributed by atoms with van der Waals surface area (Å²) in [6.45, 7) is 0. The molecular weight excluding hydrogens is 657 g/mol. The minimum Gasteiger partial charge on any atom is -0.461 e. The van der Waals surface area contributed by atoms with Crippen LogP contribution in [0.4, 0.5) is 0 Å². The fourth-order valence-corrected chi connectivity index (χ4v) is 9.23. The van der Waals surface area contributed by atoms with Crippen molar-refractivity contribution in [1.29, 1.82) is 0 Å². The summed E-state index contributed by atoms with van der Waals surface area (Å²) in [4.78, 5) is 10.5. The van der Waals surface area contributed by atoms with Crippen LogP contribution in [0.3, 0.4) is 0 Å². The molecule has 3 heteroatoms. The van der Waals surface area contributed by atoms with Crippen LogP contribution in [0.1, 0.15) is 34.6 Å². The van der Waals surface area contributed by atoms with Crippen LogP contribution in [0.5, 0.6) is 5.75 Å². The Morgan fingerprint density at radius 3 is 1.91 bits per heavy atom. The largest absolute Gasteiger partial charge is 0.461 e. The molecule has 8 aromatic rings. The number of ether oxygens (including phenoxy) is 1. The Balaban J connectivity index is 1.07. The van der Waals surface area contributed by atoms with Crippen molar-refractivity contribution in [2.75, 3.05) is 0 Å². The molecule has 0 bridgehead atoms. The van der Waals surface area contributed by atoms with Gasteiger partial charge < -0.3 is 4.74 Å². The molecule has 0 saturated carbocycles. The van der Waals surface area contributed by atoms with Gasteiger partial charge in [0, 0.05) is 40.2 Å². The molecule has 54 heavy (non-hydrogen) atoms. The lowest BCUT2D eigenvalue weighted by atomic mass is 9.64. The van der Waals surface area contributed by atoms with Crippen LogP contribution in [0.15, 0.2) is 199 Å². The Morgan fingerprint density at radius 1 is 0.519 bits per heavy atom. The molecule has 1 aliphatic heterocycles. The molecule has 1 unspecified atom stereocenters. The van der Waals surface area contributed by atoms with E-state index in [0.29, 0.717) is 5.82 Å². The van der Waals surface area contributed by atoms with Gasteiger partial charge in [-0.15, -0.1) is 0 Å². The first kappa shape index (κ1) is 30.8. The number of hydrogen-bond donors (Lipinski definition) is 0. The number of nitrogens with zero attached hydrogens (tertiary/aromatic N) is 2. The second kappa shape index (κ2) is 12.1. The molecule has 0 fully saturated rings. The summed E-state index contributed by atoms with van der Waals surface area (Å²) in [6, 6.07) is 62.6. The molecule has 0 saturated heterocycles. The fraction of sp³-hybridized carbons (Fsp3) is 0.0588. The third-order valence-corrected chi connectivity index (χ3v) is 11.5. The number of benzene rings is 7. The average molecular weight is 691 g/mol. The van der Waals surface area contributed by atoms with Crippen LogP contribution in [-0.2, 0) is 5.41 Å². The lowest BCUT2D eigenvalue weighted by molar-refractivity contribution is 0.357. The van der Waals surface area contributed by atoms with E-state index in [2.05, 4.69) is 170 Å². The maximum absolute atomic E-state index is 6.95. The number of fused-ring (bicyclic) bond motifs is 9. The molecule has 1 aromatic heterocycles. The van der Waals surface area contributed by atoms with Gasteiger partial charge in [-0.05, 0) is 50.7 Å². The highest BCUT2D eigenvalue weighted by Crippen LogP contribution is 2.62. The molecular formula is C51H34N2O. The molecule has 7 aromatic carbocycles. The summed E-state index contributed by atoms with van der Waals surface area (Å²) >= 11 is 0. The summed E-state index contributed by atoms with van der Waals surface area (Å²) < 4.78 is 6.95. The Labute approximate surface area is 314 Å². The maximum Gasteiger partial charge on any atom is 0.160 e. The molecule has 0 amide bonds. The molecule has 0 N–H and O–H groups in total. The predicted octanol–water partition coefficient (Wildman–Crippen LogP) is 12.3. The number of allylic oxidation sites excluding steroid dienone is 4. The number of rotatable bonds is 4. The van der Waals surface area contributed by atoms with Gasteiger partial charge in [0.05, 0.1) is 16.8 Å². The topological polar surface area (TPSA) is 35.0 Å². The molecule has 2 aliphatic carbocycles. The first-order valence-electron chi connectivity index (χ1n) is 18.7. The van der Waals surface area contributed by atoms with Crippen LogP contribution < -0.4 is 4.74 Å². The highest BCUT2D eigenvalue weighted by Gasteiger charge is 2.52. The van der Waals surface area contributed by atoms with Crippen molar-refractivity contribution in [3.63, 3.8) is 0 Å². The van der Waals surface area contributed by atoms with E-state index >= 15 is 0 Å². The molecule has 3 nitrogen and oxygen atoms in total. The smallest absolute Gasteiger partial charge is 0.160 e. The zero-order chi connectivity index (χ0) is 35.6. The summed E-state index contributed by atoms with van der Waals surface area (Å²) in [6.07, 6.45) is 5.48. The highest BCUT2D eigenvalue weighted by molar-refractivity contribution is 5.96. The third kappa shape index (κ3) is 4.55. The normalized spacial score (nSPS) is 16.0. The van der Waals surface area contributed by atoms with E-state index in [1.165, 1.54) is 49.7 Å². The quantitative estimate of drug-likeness (QED) is 0.184. The number of aromatic nitrogens is 2. The Bertz CT molecular complexity index is 2800. The molecule has 1 spiro atoms. The first-order chi connectivity index (χ1) is 26.8. The van der Waals surface area contributed by atoms with Crippen molar-refractivity contribution < 1.29 is 4.74 Å². The highest BCUT2D eigenvalue weighted by atomic mass is 16.5. The van der Waals surface area contributed by atoms with E-state index in [1.807, 2.05) is 18.2 Å². The second-order valence-corrected chi connectivity index (χ2v) is 14.4. The van der Waals surface area contributed by atoms with Crippen molar-refractivity contribution in [1.82, 2.24) is 9.97 Å². The minimum atomic E-state index is -0.455. The van der Waals surface area contributed by atoms with Crippen molar-refractivity contribution in [3.8, 4) is 50.8 Å². The first-order valence-corrected chi connectivity index (χ1v) is 18.7. The Hall–Kier alpha value is -6.84. The van der Waals surface area contributed by atoms with Gasteiger partial charge in [-0.2, -0.15) is 0 Å². The molecule has 2 heterocycles. The number of para-hydroxylation sites is 1. The fourth-order valence-electron chi connectivity index (χ4n) is 9.23. The van der Waals surface area contributed by atoms with Gasteiger partial charge in [-0.3, -0.25) is 0 Å². The second-order valence-electron chi connectivity index (χ2n) is 14.4. The van der Waals surface area contributed by atoms with E-state index < -0.39 is 5.41 Å². The van der Waals surface area contributed by atoms with E-state index in [1.54, 1.807) is 0 Å². The Kier molecular flexibility index (Phi) is 6.90. The lowest BCUT2D eigenvalue weighted by Crippen LogP contribution is -2.35. The molecule has 254 valence electrons. The summed E-state index contributed by atoms with van der Waals surface area (Å²) in [5.74, 6) is 2.73. The maximum atomic E-state index is 6.95. The van der Waals surface area contributed by atoms with E-state index in [4.69, 9.17) is 14.7 Å². The van der Waals surface area contributed by atoms with E-state index in [-0.39, 0.29) is 5.92 Å². The van der Waals surface area contributed by atoms with Crippen molar-refractivity contribution >= 4 is 10.8 Å². The van der Waals surface area contributed by atoms with Crippen LogP contribution >= 0.6 is 0 Å². The van der Waals surface area contributed by atoms with Gasteiger partial charge in [0.25, 0.3) is 0 Å². The van der Waals surface area contributed by atoms with Gasteiger partial charge in [0.15, 0.2) is 5.82 Å². The van der Waals surface area contributed by atoms with Gasteiger partial charge in [0.2, 0.25) is 0 Å². The van der Waals surface area contributed by atoms with Crippen molar-refractivity contribution in [2.24, 2.45) is 0 Å².